The SMILES string of the molecule is CN1C(=O)C(C(=O)c2ccccc2)=C2c3ccccc3C(=O)C3C(=Nc4ccc(S(=O)(=O)O)c(Nc5nc(NCCNc6nc(Nc7ccc(S(=O)(=O)O)c(N=C8C=CC9C%10C(=C(C(=O)c%11cccc(S(=O)(=O)O)c%11)C(=O)N9C)c9ccccc9C(=O)C8%10)c7)nc(Oc7ccc(S(=O)(=O)O)cc7)n6)nc(Oc6ccccc6)n5)c4)C=CC1C23. The van der Waals surface area contributed by atoms with Gasteiger partial charge >= 0.3 is 12.0 Å². The lowest BCUT2D eigenvalue weighted by atomic mass is 9.61. The number of rotatable bonds is 23. The second-order valence-corrected chi connectivity index (χ2v) is 33.1. The average Bonchev–Trinajstić information content (AvgIpc) is 0.710. The Hall–Kier alpha value is -13.9. The van der Waals surface area contributed by atoms with Crippen LogP contribution in [-0.4, -0.2) is 177 Å². The van der Waals surface area contributed by atoms with Gasteiger partial charge in [0.1, 0.15) is 21.3 Å². The van der Waals surface area contributed by atoms with Crippen molar-refractivity contribution in [1.29, 1.82) is 0 Å². The molecule has 16 rings (SSSR count). The Kier molecular flexibility index (Phi) is 20.1. The van der Waals surface area contributed by atoms with Crippen LogP contribution in [0.15, 0.2) is 259 Å². The number of anilines is 6. The molecule has 4 heterocycles. The first-order chi connectivity index (χ1) is 56.3. The van der Waals surface area contributed by atoms with Gasteiger partial charge in [-0.25, -0.2) is 0 Å². The summed E-state index contributed by atoms with van der Waals surface area (Å²) >= 11 is 0. The number of benzene rings is 8. The molecule has 8 aromatic carbocycles. The smallest absolute Gasteiger partial charge is 0.328 e. The standard InChI is InChI=1S/C80H60N14O20S4/c1-93-57-32-30-53(63-65(57)61(49-20-9-11-22-51(49)71(63)97)67(73(93)99)69(95)41-14-5-3-6-15-41)83-43-24-34-60(118(110,111)112)56(39-43)86-78-88-76(90-80(92-78)113-45-17-7-4-8-18-45)82-37-36-81-75-87-77(91-79(89-75)114-46-26-28-47(29-27-46)115(101,102)103)84-44-25-35-59(117(107,108)109)55(40-44)85-54-31-33-58-66-62(50-21-10-12-23-52(50)72(98)64(54)66)68(74(100)94(58)2)70(96)42-16-13-19-48(38-42)116(104,105)106/h3-35,38-40,57-58,63-66H,36-37H2,1-2H3,(H,101,102,103)(H,104,105,106)(H,107,108,109)(H,110,111,112)(H2,81,84,87,89,91)(H2,82,86,88,90,92). The van der Waals surface area contributed by atoms with E-state index in [4.69, 9.17) is 19.5 Å². The topological polar surface area (TPSA) is 495 Å². The Labute approximate surface area is 670 Å². The van der Waals surface area contributed by atoms with Crippen molar-refractivity contribution in [2.75, 3.05) is 48.5 Å². The third-order valence-electron chi connectivity index (χ3n) is 20.3. The quantitative estimate of drug-likeness (QED) is 0.0128. The number of ketones is 4. The highest BCUT2D eigenvalue weighted by Crippen LogP contribution is 2.53. The number of amides is 2. The first-order valence-corrected chi connectivity index (χ1v) is 41.4. The number of hydrogen-bond donors (Lipinski definition) is 8. The third-order valence-corrected chi connectivity index (χ3v) is 23.8. The molecule has 0 saturated heterocycles. The van der Waals surface area contributed by atoms with Gasteiger partial charge in [0.05, 0.1) is 73.3 Å². The maximum Gasteiger partial charge on any atom is 0.328 e. The molecule has 4 aliphatic carbocycles. The van der Waals surface area contributed by atoms with Crippen LogP contribution in [0.1, 0.15) is 52.6 Å². The van der Waals surface area contributed by atoms with Gasteiger partial charge in [0.2, 0.25) is 23.8 Å². The van der Waals surface area contributed by atoms with Gasteiger partial charge in [-0.3, -0.25) is 57.0 Å². The van der Waals surface area contributed by atoms with Crippen LogP contribution in [0.4, 0.5) is 46.5 Å². The number of nitrogens with one attached hydrogen (secondary N) is 4. The van der Waals surface area contributed by atoms with Crippen LogP contribution in [0.2, 0.25) is 0 Å². The van der Waals surface area contributed by atoms with E-state index in [1.54, 1.807) is 122 Å². The number of Topliss-reactive ketones (excluding diaryl/α,β-unsaturated/α-hetero) is 4. The minimum absolute atomic E-state index is 0.0186. The number of carbonyl (C=O) groups is 6. The molecule has 34 nitrogen and oxygen atoms in total. The highest BCUT2D eigenvalue weighted by atomic mass is 32.2. The highest BCUT2D eigenvalue weighted by molar-refractivity contribution is 7.86. The lowest BCUT2D eigenvalue weighted by Crippen LogP contribution is -2.55. The fourth-order valence-corrected chi connectivity index (χ4v) is 17.4. The predicted octanol–water partition coefficient (Wildman–Crippen LogP) is 10.1. The van der Waals surface area contributed by atoms with E-state index in [9.17, 15) is 75.9 Å². The van der Waals surface area contributed by atoms with Gasteiger partial charge in [-0.05, 0) is 119 Å². The Morgan fingerprint density at radius 3 is 1.42 bits per heavy atom. The first kappa shape index (κ1) is 78.0. The number of nitrogens with zero attached hydrogens (tertiary/aromatic N) is 10. The minimum Gasteiger partial charge on any atom is -0.424 e. The normalized spacial score (nSPS) is 19.4. The number of allylic oxidation sites excluding steroid dienone is 2. The Bertz CT molecular complexity index is 6690. The molecular formula is C80H60N14O20S4. The van der Waals surface area contributed by atoms with Crippen LogP contribution in [0.25, 0.3) is 11.1 Å². The maximum absolute atomic E-state index is 15.0. The molecule has 6 aliphatic rings. The number of likely N-dealkylation sites (N-methyl/N-ethyl adjacent to an activating group) is 2. The van der Waals surface area contributed by atoms with Crippen molar-refractivity contribution in [3.05, 3.63) is 263 Å². The summed E-state index contributed by atoms with van der Waals surface area (Å²) < 4.78 is 155. The van der Waals surface area contributed by atoms with Crippen molar-refractivity contribution in [2.24, 2.45) is 33.7 Å². The van der Waals surface area contributed by atoms with Crippen molar-refractivity contribution < 1.29 is 90.1 Å². The van der Waals surface area contributed by atoms with Crippen LogP contribution in [0, 0.1) is 23.7 Å². The third kappa shape index (κ3) is 15.1. The second kappa shape index (κ2) is 30.4. The zero-order chi connectivity index (χ0) is 83.0. The largest absolute Gasteiger partial charge is 0.424 e. The Morgan fingerprint density at radius 2 is 0.898 bits per heavy atom. The van der Waals surface area contributed by atoms with E-state index in [0.29, 0.717) is 11.1 Å². The number of para-hydroxylation sites is 1. The van der Waals surface area contributed by atoms with Crippen molar-refractivity contribution >= 4 is 145 Å². The van der Waals surface area contributed by atoms with Crippen molar-refractivity contribution in [3.63, 3.8) is 0 Å². The first-order valence-electron chi connectivity index (χ1n) is 35.6. The lowest BCUT2D eigenvalue weighted by Gasteiger charge is -2.47. The summed E-state index contributed by atoms with van der Waals surface area (Å²) in [6, 6.07) is 42.9. The average molecular weight is 1670 g/mol. The number of aromatic nitrogens is 6. The number of hydrogen-bond acceptors (Lipinski definition) is 28. The molecule has 0 fully saturated rings. The molecule has 118 heavy (non-hydrogen) atoms. The van der Waals surface area contributed by atoms with Crippen LogP contribution < -0.4 is 30.7 Å². The van der Waals surface area contributed by atoms with E-state index >= 15 is 4.79 Å². The Morgan fingerprint density at radius 1 is 0.441 bits per heavy atom. The zero-order valence-corrected chi connectivity index (χ0v) is 64.4. The molecule has 8 N–H and O–H groups in total. The van der Waals surface area contributed by atoms with E-state index < -0.39 is 142 Å². The van der Waals surface area contributed by atoms with Gasteiger partial charge in [0.15, 0.2) is 23.1 Å². The van der Waals surface area contributed by atoms with E-state index in [1.165, 1.54) is 83.6 Å². The van der Waals surface area contributed by atoms with Gasteiger partial charge < -0.3 is 40.5 Å². The zero-order valence-electron chi connectivity index (χ0n) is 61.1. The molecule has 2 aromatic heterocycles. The van der Waals surface area contributed by atoms with Crippen LogP contribution in [-0.2, 0) is 50.1 Å². The Balaban J connectivity index is 0.702. The van der Waals surface area contributed by atoms with Crippen LogP contribution in [0.5, 0.6) is 23.5 Å². The van der Waals surface area contributed by atoms with E-state index in [-0.39, 0.29) is 128 Å². The van der Waals surface area contributed by atoms with Crippen molar-refractivity contribution in [3.8, 4) is 23.5 Å². The number of aliphatic imine (C=N–C) groups is 2. The number of carbonyl (C=O) groups excluding carboxylic acids is 6. The molecule has 10 aromatic rings. The van der Waals surface area contributed by atoms with E-state index in [0.717, 1.165) is 36.4 Å². The van der Waals surface area contributed by atoms with E-state index in [2.05, 4.69) is 51.2 Å². The molecule has 38 heteroatoms. The number of ether oxygens (including phenoxy) is 2. The molecule has 0 radical (unpaired) electrons. The molecule has 0 bridgehead atoms. The minimum atomic E-state index is -5.15. The summed E-state index contributed by atoms with van der Waals surface area (Å²) in [5.74, 6) is -8.88. The summed E-state index contributed by atoms with van der Waals surface area (Å²) in [5, 5.41) is 11.8. The predicted molar refractivity (Wildman–Crippen MR) is 425 cm³/mol. The van der Waals surface area contributed by atoms with Crippen molar-refractivity contribution in [2.45, 2.75) is 31.7 Å². The molecular weight excluding hydrogens is 1610 g/mol. The fourth-order valence-electron chi connectivity index (χ4n) is 15.1. The van der Waals surface area contributed by atoms with Gasteiger partial charge in [0.25, 0.3) is 52.3 Å². The van der Waals surface area contributed by atoms with Crippen LogP contribution >= 0.6 is 0 Å². The summed E-state index contributed by atoms with van der Waals surface area (Å²) in [4.78, 5) is 124. The second-order valence-electron chi connectivity index (χ2n) is 27.4. The van der Waals surface area contributed by atoms with Gasteiger partial charge in [-0.15, -0.1) is 0 Å². The maximum atomic E-state index is 15.0. The summed E-state index contributed by atoms with van der Waals surface area (Å²) in [7, 11) is -16.7. The molecule has 6 atom stereocenters. The van der Waals surface area contributed by atoms with Gasteiger partial charge in [-0.1, -0.05) is 121 Å². The van der Waals surface area contributed by atoms with Gasteiger partial charge in [-0.2, -0.15) is 63.6 Å². The monoisotopic (exact) mass is 1660 g/mol. The summed E-state index contributed by atoms with van der Waals surface area (Å²) in [6.07, 6.45) is 6.25. The molecule has 2 aliphatic heterocycles. The molecule has 594 valence electrons. The highest BCUT2D eigenvalue weighted by Gasteiger charge is 2.55. The van der Waals surface area contributed by atoms with Crippen molar-refractivity contribution in [1.82, 2.24) is 39.7 Å². The molecule has 0 spiro atoms. The van der Waals surface area contributed by atoms with Gasteiger partial charge in [0, 0.05) is 67.0 Å². The molecule has 2 amide bonds. The van der Waals surface area contributed by atoms with Crippen LogP contribution in [0.3, 0.4) is 0 Å². The summed E-state index contributed by atoms with van der Waals surface area (Å²) in [5.41, 5.74) is 0.275. The van der Waals surface area contributed by atoms with E-state index in [1.807, 2.05) is 0 Å². The fraction of sp³-hybridized carbons (Fsp3) is 0.125. The lowest BCUT2D eigenvalue weighted by molar-refractivity contribution is -0.129. The molecule has 0 saturated carbocycles. The summed E-state index contributed by atoms with van der Waals surface area (Å²) in [6.45, 7) is -0.230. The number of fused-ring (bicyclic) bond motifs is 4. The molecule has 6 unspecified atom stereocenters.